The zero-order valence-electron chi connectivity index (χ0n) is 17.6. The molecule has 0 spiro atoms. The number of allylic oxidation sites excluding steroid dienone is 2. The topological polar surface area (TPSA) is 102 Å². The van der Waals surface area contributed by atoms with E-state index in [0.29, 0.717) is 47.4 Å². The number of hydrogen-bond acceptors (Lipinski definition) is 8. The summed E-state index contributed by atoms with van der Waals surface area (Å²) in [6.45, 7) is 0.882. The molecule has 1 aliphatic carbocycles. The van der Waals surface area contributed by atoms with E-state index in [-0.39, 0.29) is 18.6 Å². The Balaban J connectivity index is 1.88. The summed E-state index contributed by atoms with van der Waals surface area (Å²) in [5.74, 6) is 2.16. The van der Waals surface area contributed by atoms with Crippen molar-refractivity contribution in [2.24, 2.45) is 5.41 Å². The Hall–Kier alpha value is -2.26. The van der Waals surface area contributed by atoms with E-state index in [0.717, 1.165) is 0 Å². The van der Waals surface area contributed by atoms with Crippen LogP contribution in [0.2, 0.25) is 0 Å². The van der Waals surface area contributed by atoms with Crippen molar-refractivity contribution >= 4 is 5.57 Å². The van der Waals surface area contributed by atoms with E-state index in [2.05, 4.69) is 0 Å². The fourth-order valence-corrected chi connectivity index (χ4v) is 4.29. The summed E-state index contributed by atoms with van der Waals surface area (Å²) in [4.78, 5) is 0. The molecule has 0 saturated carbocycles. The van der Waals surface area contributed by atoms with Crippen molar-refractivity contribution < 1.29 is 38.6 Å². The Kier molecular flexibility index (Phi) is 5.67. The highest BCUT2D eigenvalue weighted by molar-refractivity contribution is 5.86. The standard InChI is InChI=1S/C22H28O8/c1-25-12-6-5-7-13(26-2)18(12)19-14(27-3)8-22(9-15(19)28-4,20(23)16-10-29-16)21(24)17-11-30-17/h5-8,16-17,20-21,23-24H,9-11H2,1-4H3. The molecule has 0 amide bonds. The second kappa shape index (κ2) is 8.11. The van der Waals surface area contributed by atoms with Gasteiger partial charge in [0, 0.05) is 6.42 Å². The van der Waals surface area contributed by atoms with E-state index in [9.17, 15) is 10.2 Å². The van der Waals surface area contributed by atoms with E-state index >= 15 is 0 Å². The van der Waals surface area contributed by atoms with Gasteiger partial charge in [0.25, 0.3) is 0 Å². The van der Waals surface area contributed by atoms with Crippen molar-refractivity contribution in [2.45, 2.75) is 30.8 Å². The van der Waals surface area contributed by atoms with Gasteiger partial charge in [0.15, 0.2) is 0 Å². The Morgan fingerprint density at radius 2 is 1.43 bits per heavy atom. The van der Waals surface area contributed by atoms with Crippen LogP contribution in [-0.4, -0.2) is 76.3 Å². The Morgan fingerprint density at radius 1 is 0.900 bits per heavy atom. The van der Waals surface area contributed by atoms with Gasteiger partial charge in [-0.25, -0.2) is 0 Å². The SMILES string of the molecule is COC1=CC(C(O)C2CO2)(C(O)C2CO2)CC(OC)=C1c1c(OC)cccc1OC. The number of ether oxygens (including phenoxy) is 6. The van der Waals surface area contributed by atoms with E-state index in [1.807, 2.05) is 18.2 Å². The first-order chi connectivity index (χ1) is 14.5. The number of aliphatic hydroxyl groups is 2. The first-order valence-corrected chi connectivity index (χ1v) is 9.85. The van der Waals surface area contributed by atoms with Crippen molar-refractivity contribution in [2.75, 3.05) is 41.7 Å². The number of epoxide rings is 2. The van der Waals surface area contributed by atoms with Gasteiger partial charge in [0.05, 0.1) is 70.4 Å². The molecule has 0 radical (unpaired) electrons. The van der Waals surface area contributed by atoms with E-state index < -0.39 is 17.6 Å². The zero-order valence-corrected chi connectivity index (χ0v) is 17.6. The molecule has 2 aliphatic heterocycles. The predicted octanol–water partition coefficient (Wildman–Crippen LogP) is 1.50. The largest absolute Gasteiger partial charge is 0.500 e. The fourth-order valence-electron chi connectivity index (χ4n) is 4.29. The second-order valence-electron chi connectivity index (χ2n) is 7.67. The van der Waals surface area contributed by atoms with Crippen LogP contribution < -0.4 is 9.47 Å². The van der Waals surface area contributed by atoms with E-state index in [1.165, 1.54) is 7.11 Å². The lowest BCUT2D eigenvalue weighted by atomic mass is 9.67. The van der Waals surface area contributed by atoms with Crippen molar-refractivity contribution in [1.82, 2.24) is 0 Å². The molecule has 1 aromatic carbocycles. The summed E-state index contributed by atoms with van der Waals surface area (Å²) in [5.41, 5.74) is 0.241. The molecular formula is C22H28O8. The molecular weight excluding hydrogens is 392 g/mol. The predicted molar refractivity (Wildman–Crippen MR) is 107 cm³/mol. The maximum absolute atomic E-state index is 11.1. The molecule has 8 heteroatoms. The van der Waals surface area contributed by atoms with E-state index in [4.69, 9.17) is 28.4 Å². The smallest absolute Gasteiger partial charge is 0.130 e. The van der Waals surface area contributed by atoms with Crippen molar-refractivity contribution in [3.05, 3.63) is 41.4 Å². The van der Waals surface area contributed by atoms with Crippen LogP contribution in [-0.2, 0) is 18.9 Å². The summed E-state index contributed by atoms with van der Waals surface area (Å²) < 4.78 is 33.4. The molecule has 2 heterocycles. The maximum atomic E-state index is 11.1. The van der Waals surface area contributed by atoms with Crippen LogP contribution >= 0.6 is 0 Å². The molecule has 1 aromatic rings. The van der Waals surface area contributed by atoms with Gasteiger partial charge in [-0.1, -0.05) is 6.07 Å². The van der Waals surface area contributed by atoms with Crippen LogP contribution in [0.15, 0.2) is 35.8 Å². The van der Waals surface area contributed by atoms with Gasteiger partial charge >= 0.3 is 0 Å². The highest BCUT2D eigenvalue weighted by Gasteiger charge is 2.57. The van der Waals surface area contributed by atoms with Gasteiger partial charge in [0.2, 0.25) is 0 Å². The monoisotopic (exact) mass is 420 g/mol. The van der Waals surface area contributed by atoms with Crippen molar-refractivity contribution in [3.63, 3.8) is 0 Å². The van der Waals surface area contributed by atoms with Gasteiger partial charge in [-0.2, -0.15) is 0 Å². The average molecular weight is 420 g/mol. The summed E-state index contributed by atoms with van der Waals surface area (Å²) >= 11 is 0. The van der Waals surface area contributed by atoms with Crippen LogP contribution in [0.3, 0.4) is 0 Å². The van der Waals surface area contributed by atoms with Crippen LogP contribution in [0, 0.1) is 5.41 Å². The third-order valence-electron chi connectivity index (χ3n) is 6.06. The van der Waals surface area contributed by atoms with E-state index in [1.54, 1.807) is 27.4 Å². The summed E-state index contributed by atoms with van der Waals surface area (Å²) in [6.07, 6.45) is -0.604. The molecule has 4 unspecified atom stereocenters. The highest BCUT2D eigenvalue weighted by Crippen LogP contribution is 2.52. The number of aliphatic hydroxyl groups excluding tert-OH is 2. The van der Waals surface area contributed by atoms with Crippen LogP contribution in [0.5, 0.6) is 11.5 Å². The quantitative estimate of drug-likeness (QED) is 0.580. The lowest BCUT2D eigenvalue weighted by Gasteiger charge is -2.42. The minimum atomic E-state index is -1.09. The number of hydrogen-bond donors (Lipinski definition) is 2. The molecule has 3 aliphatic rings. The van der Waals surface area contributed by atoms with Crippen molar-refractivity contribution in [3.8, 4) is 11.5 Å². The Labute approximate surface area is 175 Å². The number of methoxy groups -OCH3 is 4. The number of benzene rings is 1. The molecule has 2 saturated heterocycles. The molecule has 8 nitrogen and oxygen atoms in total. The molecule has 4 atom stereocenters. The molecule has 30 heavy (non-hydrogen) atoms. The zero-order chi connectivity index (χ0) is 21.5. The first-order valence-electron chi connectivity index (χ1n) is 9.85. The van der Waals surface area contributed by atoms with Crippen molar-refractivity contribution in [1.29, 1.82) is 0 Å². The average Bonchev–Trinajstić information content (AvgIpc) is 3.68. The van der Waals surface area contributed by atoms with Crippen LogP contribution in [0.25, 0.3) is 5.57 Å². The molecule has 4 rings (SSSR count). The minimum Gasteiger partial charge on any atom is -0.500 e. The van der Waals surface area contributed by atoms with Gasteiger partial charge in [0.1, 0.15) is 35.2 Å². The molecule has 2 N–H and O–H groups in total. The molecule has 164 valence electrons. The summed E-state index contributed by atoms with van der Waals surface area (Å²) in [7, 11) is 6.26. The third kappa shape index (κ3) is 3.43. The molecule has 0 bridgehead atoms. The second-order valence-corrected chi connectivity index (χ2v) is 7.67. The molecule has 2 fully saturated rings. The Morgan fingerprint density at radius 3 is 1.83 bits per heavy atom. The van der Waals surface area contributed by atoms with Gasteiger partial charge in [-0.3, -0.25) is 0 Å². The van der Waals surface area contributed by atoms with Gasteiger partial charge in [-0.05, 0) is 18.2 Å². The highest BCUT2D eigenvalue weighted by atomic mass is 16.6. The summed E-state index contributed by atoms with van der Waals surface area (Å²) in [5, 5.41) is 22.3. The summed E-state index contributed by atoms with van der Waals surface area (Å²) in [6, 6.07) is 5.49. The van der Waals surface area contributed by atoms with Crippen LogP contribution in [0.1, 0.15) is 12.0 Å². The minimum absolute atomic E-state index is 0.231. The fraction of sp³-hybridized carbons (Fsp3) is 0.545. The maximum Gasteiger partial charge on any atom is 0.130 e. The van der Waals surface area contributed by atoms with Gasteiger partial charge < -0.3 is 38.6 Å². The molecule has 0 aromatic heterocycles. The first kappa shape index (κ1) is 21.0. The third-order valence-corrected chi connectivity index (χ3v) is 6.06. The normalized spacial score (nSPS) is 29.6. The lowest BCUT2D eigenvalue weighted by Crippen LogP contribution is -2.50. The van der Waals surface area contributed by atoms with Crippen LogP contribution in [0.4, 0.5) is 0 Å². The number of rotatable bonds is 9. The van der Waals surface area contributed by atoms with Gasteiger partial charge in [-0.15, -0.1) is 0 Å². The Bertz CT molecular complexity index is 812. The lowest BCUT2D eigenvalue weighted by molar-refractivity contribution is -0.0682.